The third kappa shape index (κ3) is 4.14. The molecule has 0 saturated carbocycles. The lowest BCUT2D eigenvalue weighted by Gasteiger charge is -2.34. The number of nitrogens with zero attached hydrogens (tertiary/aromatic N) is 3. The molecule has 0 radical (unpaired) electrons. The second-order valence-electron chi connectivity index (χ2n) is 6.42. The van der Waals surface area contributed by atoms with Gasteiger partial charge in [0.15, 0.2) is 5.82 Å². The fourth-order valence-corrected chi connectivity index (χ4v) is 3.11. The van der Waals surface area contributed by atoms with Crippen LogP contribution in [-0.2, 0) is 4.79 Å². The summed E-state index contributed by atoms with van der Waals surface area (Å²) in [5.41, 5.74) is 7.55. The van der Waals surface area contributed by atoms with Crippen LogP contribution in [0.25, 0.3) is 0 Å². The van der Waals surface area contributed by atoms with Gasteiger partial charge in [0, 0.05) is 18.3 Å². The van der Waals surface area contributed by atoms with Crippen molar-refractivity contribution in [1.82, 2.24) is 14.9 Å². The summed E-state index contributed by atoms with van der Waals surface area (Å²) in [4.78, 5) is 23.1. The van der Waals surface area contributed by atoms with E-state index in [-0.39, 0.29) is 18.5 Å². The fraction of sp³-hybridized carbons (Fsp3) is 0.421. The Labute approximate surface area is 148 Å². The molecule has 132 valence electrons. The monoisotopic (exact) mass is 340 g/mol. The molecule has 1 aliphatic heterocycles. The molecule has 1 saturated heterocycles. The summed E-state index contributed by atoms with van der Waals surface area (Å²) in [7, 11) is 0. The summed E-state index contributed by atoms with van der Waals surface area (Å²) in [6.07, 6.45) is 2.88. The van der Waals surface area contributed by atoms with Crippen molar-refractivity contribution in [3.63, 3.8) is 0 Å². The number of hydrogen-bond acceptors (Lipinski definition) is 5. The molecule has 0 aliphatic carbocycles. The number of ether oxygens (including phenoxy) is 1. The number of aromatic nitrogens is 2. The van der Waals surface area contributed by atoms with Crippen molar-refractivity contribution in [2.24, 2.45) is 5.73 Å². The molecule has 2 aromatic rings. The van der Waals surface area contributed by atoms with Crippen LogP contribution in [0.4, 0.5) is 0 Å². The van der Waals surface area contributed by atoms with E-state index >= 15 is 0 Å². The average molecular weight is 340 g/mol. The summed E-state index contributed by atoms with van der Waals surface area (Å²) < 4.78 is 5.89. The second kappa shape index (κ2) is 7.61. The summed E-state index contributed by atoms with van der Waals surface area (Å²) in [6.45, 7) is 4.65. The van der Waals surface area contributed by atoms with E-state index in [0.29, 0.717) is 18.2 Å². The van der Waals surface area contributed by atoms with Gasteiger partial charge in [-0.1, -0.05) is 17.7 Å². The molecule has 2 N–H and O–H groups in total. The van der Waals surface area contributed by atoms with E-state index in [0.717, 1.165) is 30.7 Å². The first-order chi connectivity index (χ1) is 12.1. The number of amides is 1. The molecule has 25 heavy (non-hydrogen) atoms. The Morgan fingerprint density at radius 3 is 2.72 bits per heavy atom. The van der Waals surface area contributed by atoms with Crippen LogP contribution >= 0.6 is 0 Å². The van der Waals surface area contributed by atoms with Crippen LogP contribution in [0, 0.1) is 13.8 Å². The normalized spacial score (nSPS) is 17.4. The van der Waals surface area contributed by atoms with Gasteiger partial charge in [-0.25, -0.2) is 4.98 Å². The number of likely N-dealkylation sites (tertiary alicyclic amines) is 1. The summed E-state index contributed by atoms with van der Waals surface area (Å²) in [5.74, 6) is 1.80. The molecule has 1 aromatic carbocycles. The van der Waals surface area contributed by atoms with E-state index in [2.05, 4.69) is 9.97 Å². The lowest BCUT2D eigenvalue weighted by Crippen LogP contribution is -2.42. The molecule has 0 bridgehead atoms. The standard InChI is InChI=1S/C19H24N4O2/c1-13-6-8-15(9-7-13)25-17-11-14(2)21-19(22-17)16-5-3-4-10-23(16)18(24)12-20/h6-9,11,16H,3-5,10,12,20H2,1-2H3/t16-/m1/s1. The highest BCUT2D eigenvalue weighted by Gasteiger charge is 2.29. The molecule has 1 amide bonds. The number of hydrogen-bond donors (Lipinski definition) is 1. The maximum absolute atomic E-state index is 12.2. The zero-order valence-corrected chi connectivity index (χ0v) is 14.7. The molecule has 6 heteroatoms. The quantitative estimate of drug-likeness (QED) is 0.925. The van der Waals surface area contributed by atoms with Crippen LogP contribution in [0.2, 0.25) is 0 Å². The summed E-state index contributed by atoms with van der Waals surface area (Å²) in [5, 5.41) is 0. The van der Waals surface area contributed by atoms with E-state index in [1.165, 1.54) is 5.56 Å². The number of piperidine rings is 1. The molecular formula is C19H24N4O2. The topological polar surface area (TPSA) is 81.3 Å². The predicted molar refractivity (Wildman–Crippen MR) is 95.4 cm³/mol. The van der Waals surface area contributed by atoms with Crippen molar-refractivity contribution in [3.8, 4) is 11.6 Å². The lowest BCUT2D eigenvalue weighted by atomic mass is 10.0. The lowest BCUT2D eigenvalue weighted by molar-refractivity contribution is -0.133. The highest BCUT2D eigenvalue weighted by Crippen LogP contribution is 2.30. The van der Waals surface area contributed by atoms with Gasteiger partial charge < -0.3 is 15.4 Å². The Balaban J connectivity index is 1.87. The zero-order valence-electron chi connectivity index (χ0n) is 14.7. The number of nitrogens with two attached hydrogens (primary N) is 1. The fourth-order valence-electron chi connectivity index (χ4n) is 3.11. The van der Waals surface area contributed by atoms with Crippen molar-refractivity contribution in [1.29, 1.82) is 0 Å². The Bertz CT molecular complexity index is 746. The number of aryl methyl sites for hydroxylation is 2. The van der Waals surface area contributed by atoms with Gasteiger partial charge in [-0.15, -0.1) is 0 Å². The summed E-state index contributed by atoms with van der Waals surface area (Å²) >= 11 is 0. The van der Waals surface area contributed by atoms with Crippen LogP contribution in [0.5, 0.6) is 11.6 Å². The molecule has 1 atom stereocenters. The third-order valence-corrected chi connectivity index (χ3v) is 4.39. The first-order valence-electron chi connectivity index (χ1n) is 8.66. The van der Waals surface area contributed by atoms with Crippen molar-refractivity contribution in [2.75, 3.05) is 13.1 Å². The Morgan fingerprint density at radius 1 is 1.24 bits per heavy atom. The Kier molecular flexibility index (Phi) is 5.28. The van der Waals surface area contributed by atoms with Crippen molar-refractivity contribution in [3.05, 3.63) is 47.4 Å². The van der Waals surface area contributed by atoms with Gasteiger partial charge in [0.2, 0.25) is 11.8 Å². The molecule has 0 spiro atoms. The SMILES string of the molecule is Cc1ccc(Oc2cc(C)nc([C@H]3CCCCN3C(=O)CN)n2)cc1. The molecule has 0 unspecified atom stereocenters. The highest BCUT2D eigenvalue weighted by atomic mass is 16.5. The van der Waals surface area contributed by atoms with E-state index < -0.39 is 0 Å². The second-order valence-corrected chi connectivity index (χ2v) is 6.42. The van der Waals surface area contributed by atoms with Gasteiger partial charge in [-0.05, 0) is 45.2 Å². The Morgan fingerprint density at radius 2 is 2.00 bits per heavy atom. The van der Waals surface area contributed by atoms with Gasteiger partial charge in [0.05, 0.1) is 12.6 Å². The highest BCUT2D eigenvalue weighted by molar-refractivity contribution is 5.78. The number of carbonyl (C=O) groups is 1. The maximum atomic E-state index is 12.2. The number of benzene rings is 1. The first-order valence-corrected chi connectivity index (χ1v) is 8.66. The molecule has 1 fully saturated rings. The first kappa shape index (κ1) is 17.4. The van der Waals surface area contributed by atoms with Crippen LogP contribution in [0.15, 0.2) is 30.3 Å². The predicted octanol–water partition coefficient (Wildman–Crippen LogP) is 2.90. The van der Waals surface area contributed by atoms with Crippen LogP contribution in [0.1, 0.15) is 42.4 Å². The van der Waals surface area contributed by atoms with Crippen LogP contribution < -0.4 is 10.5 Å². The maximum Gasteiger partial charge on any atom is 0.236 e. The minimum atomic E-state index is -0.134. The van der Waals surface area contributed by atoms with E-state index in [4.69, 9.17) is 10.5 Å². The van der Waals surface area contributed by atoms with E-state index in [1.54, 1.807) is 11.0 Å². The van der Waals surface area contributed by atoms with Crippen molar-refractivity contribution in [2.45, 2.75) is 39.2 Å². The zero-order chi connectivity index (χ0) is 17.8. The van der Waals surface area contributed by atoms with Crippen molar-refractivity contribution < 1.29 is 9.53 Å². The molecule has 6 nitrogen and oxygen atoms in total. The van der Waals surface area contributed by atoms with E-state index in [9.17, 15) is 4.79 Å². The van der Waals surface area contributed by atoms with Gasteiger partial charge in [0.25, 0.3) is 0 Å². The Hall–Kier alpha value is -2.47. The average Bonchev–Trinajstić information content (AvgIpc) is 2.62. The summed E-state index contributed by atoms with van der Waals surface area (Å²) in [6, 6.07) is 9.49. The minimum absolute atomic E-state index is 0.00897. The molecule has 1 aromatic heterocycles. The van der Waals surface area contributed by atoms with Crippen LogP contribution in [-0.4, -0.2) is 33.9 Å². The molecule has 2 heterocycles. The van der Waals surface area contributed by atoms with Crippen LogP contribution in [0.3, 0.4) is 0 Å². The van der Waals surface area contributed by atoms with Gasteiger partial charge in [-0.2, -0.15) is 4.98 Å². The molecule has 1 aliphatic rings. The molecular weight excluding hydrogens is 316 g/mol. The van der Waals surface area contributed by atoms with Gasteiger partial charge >= 0.3 is 0 Å². The molecule has 3 rings (SSSR count). The largest absolute Gasteiger partial charge is 0.439 e. The van der Waals surface area contributed by atoms with E-state index in [1.807, 2.05) is 38.1 Å². The smallest absolute Gasteiger partial charge is 0.236 e. The van der Waals surface area contributed by atoms with Crippen molar-refractivity contribution >= 4 is 5.91 Å². The minimum Gasteiger partial charge on any atom is -0.439 e. The van der Waals surface area contributed by atoms with Gasteiger partial charge in [-0.3, -0.25) is 4.79 Å². The van der Waals surface area contributed by atoms with Gasteiger partial charge in [0.1, 0.15) is 5.75 Å². The number of rotatable bonds is 4. The number of carbonyl (C=O) groups excluding carboxylic acids is 1. The third-order valence-electron chi connectivity index (χ3n) is 4.39.